The predicted molar refractivity (Wildman–Crippen MR) is 109 cm³/mol. The van der Waals surface area contributed by atoms with Crippen molar-refractivity contribution >= 4 is 10.9 Å². The molecule has 3 heterocycles. The van der Waals surface area contributed by atoms with Crippen LogP contribution in [-0.2, 0) is 6.54 Å². The van der Waals surface area contributed by atoms with Crippen LogP contribution in [0.15, 0.2) is 65.2 Å². The van der Waals surface area contributed by atoms with Crippen molar-refractivity contribution in [3.8, 4) is 11.5 Å². The minimum Gasteiger partial charge on any atom is -0.420 e. The third kappa shape index (κ3) is 3.41. The third-order valence-corrected chi connectivity index (χ3v) is 5.41. The number of hydrogen-bond donors (Lipinski definition) is 0. The van der Waals surface area contributed by atoms with Crippen LogP contribution in [-0.4, -0.2) is 33.2 Å². The van der Waals surface area contributed by atoms with Crippen molar-refractivity contribution in [2.24, 2.45) is 0 Å². The Kier molecular flexibility index (Phi) is 4.37. The minimum absolute atomic E-state index is 0.292. The summed E-state index contributed by atoms with van der Waals surface area (Å²) in [5.74, 6) is 1.64. The molecule has 5 heteroatoms. The van der Waals surface area contributed by atoms with Gasteiger partial charge in [-0.3, -0.25) is 9.88 Å². The molecule has 0 radical (unpaired) electrons. The summed E-state index contributed by atoms with van der Waals surface area (Å²) >= 11 is 0. The normalized spacial score (nSPS) is 17.4. The van der Waals surface area contributed by atoms with E-state index in [0.29, 0.717) is 11.8 Å². The highest BCUT2D eigenvalue weighted by atomic mass is 16.4. The van der Waals surface area contributed by atoms with Gasteiger partial charge in [0.1, 0.15) is 0 Å². The number of para-hydroxylation sites is 1. The van der Waals surface area contributed by atoms with Gasteiger partial charge in [-0.25, -0.2) is 0 Å². The molecule has 1 aliphatic heterocycles. The first-order chi connectivity index (χ1) is 13.7. The molecule has 0 spiro atoms. The highest BCUT2D eigenvalue weighted by Crippen LogP contribution is 2.29. The van der Waals surface area contributed by atoms with Crippen molar-refractivity contribution in [1.29, 1.82) is 0 Å². The van der Waals surface area contributed by atoms with E-state index in [2.05, 4.69) is 57.3 Å². The molecule has 0 aliphatic carbocycles. The van der Waals surface area contributed by atoms with E-state index in [9.17, 15) is 0 Å². The Hall–Kier alpha value is -3.05. The van der Waals surface area contributed by atoms with E-state index in [-0.39, 0.29) is 0 Å². The zero-order valence-corrected chi connectivity index (χ0v) is 15.9. The van der Waals surface area contributed by atoms with Crippen LogP contribution in [0, 0.1) is 6.92 Å². The maximum Gasteiger partial charge on any atom is 0.247 e. The highest BCUT2D eigenvalue weighted by Gasteiger charge is 2.28. The zero-order chi connectivity index (χ0) is 18.9. The summed E-state index contributed by atoms with van der Waals surface area (Å²) in [6.45, 7) is 4.93. The van der Waals surface area contributed by atoms with Gasteiger partial charge in [0.05, 0.1) is 11.4 Å². The fraction of sp³-hybridized carbons (Fsp3) is 0.261. The zero-order valence-electron chi connectivity index (χ0n) is 15.9. The Morgan fingerprint density at radius 2 is 1.93 bits per heavy atom. The Morgan fingerprint density at radius 3 is 2.82 bits per heavy atom. The second-order valence-electron chi connectivity index (χ2n) is 7.57. The lowest BCUT2D eigenvalue weighted by atomic mass is 10.1. The van der Waals surface area contributed by atoms with E-state index in [1.165, 1.54) is 16.5 Å². The molecule has 1 aliphatic rings. The summed E-state index contributed by atoms with van der Waals surface area (Å²) in [4.78, 5) is 7.01. The van der Waals surface area contributed by atoms with E-state index in [4.69, 9.17) is 4.42 Å². The van der Waals surface area contributed by atoms with Crippen molar-refractivity contribution in [2.75, 3.05) is 13.1 Å². The van der Waals surface area contributed by atoms with E-state index < -0.39 is 0 Å². The fourth-order valence-corrected chi connectivity index (χ4v) is 3.85. The van der Waals surface area contributed by atoms with Crippen LogP contribution in [0.2, 0.25) is 0 Å². The van der Waals surface area contributed by atoms with E-state index >= 15 is 0 Å². The molecule has 1 saturated heterocycles. The van der Waals surface area contributed by atoms with E-state index in [1.54, 1.807) is 0 Å². The summed E-state index contributed by atoms with van der Waals surface area (Å²) in [5.41, 5.74) is 4.48. The SMILES string of the molecule is Cc1ccc(-c2nnc([C@H]3CCN(Cc4cnc5ccccc5c4)C3)o2)cc1. The molecule has 5 nitrogen and oxygen atoms in total. The number of hydrogen-bond acceptors (Lipinski definition) is 5. The smallest absolute Gasteiger partial charge is 0.247 e. The van der Waals surface area contributed by atoms with Gasteiger partial charge in [-0.15, -0.1) is 10.2 Å². The number of likely N-dealkylation sites (tertiary alicyclic amines) is 1. The second kappa shape index (κ2) is 7.17. The van der Waals surface area contributed by atoms with Gasteiger partial charge in [0.25, 0.3) is 0 Å². The molecular weight excluding hydrogens is 348 g/mol. The molecular formula is C23H22N4O. The lowest BCUT2D eigenvalue weighted by Gasteiger charge is -2.15. The van der Waals surface area contributed by atoms with Crippen LogP contribution in [0.3, 0.4) is 0 Å². The van der Waals surface area contributed by atoms with Crippen molar-refractivity contribution in [3.63, 3.8) is 0 Å². The highest BCUT2D eigenvalue weighted by molar-refractivity contribution is 5.78. The van der Waals surface area contributed by atoms with Crippen LogP contribution in [0.1, 0.15) is 29.4 Å². The van der Waals surface area contributed by atoms with Crippen LogP contribution in [0.25, 0.3) is 22.4 Å². The van der Waals surface area contributed by atoms with Gasteiger partial charge in [0.2, 0.25) is 11.8 Å². The topological polar surface area (TPSA) is 55.1 Å². The number of aryl methyl sites for hydroxylation is 1. The lowest BCUT2D eigenvalue weighted by Crippen LogP contribution is -2.19. The first-order valence-electron chi connectivity index (χ1n) is 9.71. The van der Waals surface area contributed by atoms with Gasteiger partial charge in [-0.1, -0.05) is 35.9 Å². The van der Waals surface area contributed by atoms with Crippen LogP contribution in [0.5, 0.6) is 0 Å². The molecule has 0 N–H and O–H groups in total. The Labute approximate surface area is 164 Å². The standard InChI is InChI=1S/C23H22N4O/c1-16-6-8-18(9-7-16)22-25-26-23(28-22)20-10-11-27(15-20)14-17-12-19-4-2-3-5-21(19)24-13-17/h2-9,12-13,20H,10-11,14-15H2,1H3/t20-/m0/s1. The average molecular weight is 370 g/mol. The molecule has 4 aromatic rings. The molecule has 140 valence electrons. The van der Waals surface area contributed by atoms with Crippen LogP contribution in [0.4, 0.5) is 0 Å². The monoisotopic (exact) mass is 370 g/mol. The summed E-state index contributed by atoms with van der Waals surface area (Å²) < 4.78 is 5.99. The molecule has 28 heavy (non-hydrogen) atoms. The van der Waals surface area contributed by atoms with Crippen molar-refractivity contribution in [1.82, 2.24) is 20.1 Å². The molecule has 0 saturated carbocycles. The quantitative estimate of drug-likeness (QED) is 0.526. The van der Waals surface area contributed by atoms with Crippen LogP contribution < -0.4 is 0 Å². The van der Waals surface area contributed by atoms with Gasteiger partial charge in [-0.2, -0.15) is 0 Å². The number of fused-ring (bicyclic) bond motifs is 1. The Bertz CT molecular complexity index is 1100. The van der Waals surface area contributed by atoms with E-state index in [0.717, 1.165) is 43.0 Å². The molecule has 0 amide bonds. The molecule has 5 rings (SSSR count). The summed E-state index contributed by atoms with van der Waals surface area (Å²) in [7, 11) is 0. The first kappa shape index (κ1) is 17.1. The second-order valence-corrected chi connectivity index (χ2v) is 7.57. The number of benzene rings is 2. The van der Waals surface area contributed by atoms with Gasteiger partial charge in [-0.05, 0) is 49.7 Å². The summed E-state index contributed by atoms with van der Waals surface area (Å²) in [5, 5.41) is 9.77. The number of aromatic nitrogens is 3. The van der Waals surface area contributed by atoms with Gasteiger partial charge in [0, 0.05) is 30.2 Å². The van der Waals surface area contributed by atoms with Crippen molar-refractivity contribution in [2.45, 2.75) is 25.8 Å². The van der Waals surface area contributed by atoms with Crippen LogP contribution >= 0.6 is 0 Å². The van der Waals surface area contributed by atoms with Crippen molar-refractivity contribution in [3.05, 3.63) is 77.8 Å². The Morgan fingerprint density at radius 1 is 1.07 bits per heavy atom. The maximum atomic E-state index is 5.99. The largest absolute Gasteiger partial charge is 0.420 e. The van der Waals surface area contributed by atoms with Gasteiger partial charge < -0.3 is 4.42 Å². The molecule has 2 aromatic heterocycles. The molecule has 0 unspecified atom stereocenters. The lowest BCUT2D eigenvalue weighted by molar-refractivity contribution is 0.320. The summed E-state index contributed by atoms with van der Waals surface area (Å²) in [6.07, 6.45) is 3.02. The number of nitrogens with zero attached hydrogens (tertiary/aromatic N) is 4. The molecule has 2 aromatic carbocycles. The molecule has 0 bridgehead atoms. The minimum atomic E-state index is 0.292. The van der Waals surface area contributed by atoms with E-state index in [1.807, 2.05) is 30.5 Å². The fourth-order valence-electron chi connectivity index (χ4n) is 3.85. The number of pyridine rings is 1. The first-order valence-corrected chi connectivity index (χ1v) is 9.71. The molecule has 1 atom stereocenters. The van der Waals surface area contributed by atoms with Gasteiger partial charge >= 0.3 is 0 Å². The van der Waals surface area contributed by atoms with Crippen molar-refractivity contribution < 1.29 is 4.42 Å². The van der Waals surface area contributed by atoms with Gasteiger partial charge in [0.15, 0.2) is 0 Å². The maximum absolute atomic E-state index is 5.99. The third-order valence-electron chi connectivity index (χ3n) is 5.41. The molecule has 1 fully saturated rings. The predicted octanol–water partition coefficient (Wildman–Crippen LogP) is 4.58. The number of rotatable bonds is 4. The Balaban J connectivity index is 1.27. The average Bonchev–Trinajstić information content (AvgIpc) is 3.38. The summed E-state index contributed by atoms with van der Waals surface area (Å²) in [6, 6.07) is 18.7.